The number of benzene rings is 1. The molecule has 0 saturated heterocycles. The largest absolute Gasteiger partial charge is 0.469 e. The fraction of sp³-hybridized carbons (Fsp3) is 0.235. The summed E-state index contributed by atoms with van der Waals surface area (Å²) in [6, 6.07) is 13.9. The van der Waals surface area contributed by atoms with Crippen molar-refractivity contribution in [3.05, 3.63) is 65.6 Å². The molecule has 1 aliphatic carbocycles. The molecular weight excluding hydrogens is 236 g/mol. The number of carbonyl (C=O) groups is 1. The summed E-state index contributed by atoms with van der Waals surface area (Å²) < 4.78 is 5.40. The highest BCUT2D eigenvalue weighted by molar-refractivity contribution is 6.00. The smallest absolute Gasteiger partial charge is 0.159 e. The van der Waals surface area contributed by atoms with Crippen molar-refractivity contribution >= 4 is 11.9 Å². The Morgan fingerprint density at radius 2 is 1.95 bits per heavy atom. The molecule has 1 aromatic carbocycles. The van der Waals surface area contributed by atoms with Gasteiger partial charge in [-0.2, -0.15) is 0 Å². The van der Waals surface area contributed by atoms with Gasteiger partial charge in [-0.05, 0) is 42.2 Å². The van der Waals surface area contributed by atoms with Crippen molar-refractivity contribution in [3.63, 3.8) is 0 Å². The molecule has 0 aliphatic heterocycles. The van der Waals surface area contributed by atoms with Crippen molar-refractivity contribution in [1.29, 1.82) is 0 Å². The Bertz CT molecular complexity index is 579. The first-order chi connectivity index (χ1) is 9.33. The summed E-state index contributed by atoms with van der Waals surface area (Å²) in [5, 5.41) is 0. The van der Waals surface area contributed by atoms with Gasteiger partial charge in [0.25, 0.3) is 0 Å². The van der Waals surface area contributed by atoms with Gasteiger partial charge in [0.05, 0.1) is 6.26 Å². The second-order valence-corrected chi connectivity index (χ2v) is 4.96. The molecule has 2 heteroatoms. The Hall–Kier alpha value is -2.09. The fourth-order valence-corrected chi connectivity index (χ4v) is 2.60. The zero-order valence-electron chi connectivity index (χ0n) is 10.7. The lowest BCUT2D eigenvalue weighted by Crippen LogP contribution is -2.15. The van der Waals surface area contributed by atoms with Crippen LogP contribution in [0.3, 0.4) is 0 Å². The average molecular weight is 252 g/mol. The molecule has 1 saturated carbocycles. The molecule has 0 radical (unpaired) electrons. The van der Waals surface area contributed by atoms with E-state index in [1.165, 1.54) is 0 Å². The van der Waals surface area contributed by atoms with Gasteiger partial charge in [-0.1, -0.05) is 30.3 Å². The molecule has 1 heterocycles. The zero-order chi connectivity index (χ0) is 13.1. The number of rotatable bonds is 2. The first kappa shape index (κ1) is 12.0. The standard InChI is InChI=1S/C17H16O2/c18-16-12-15(17-7-4-10-19-17)9-8-14(16)11-13-5-2-1-3-6-13/h1-7,10-11,15H,8-9,12H2/b14-11-. The van der Waals surface area contributed by atoms with E-state index in [4.69, 9.17) is 4.42 Å². The predicted molar refractivity (Wildman–Crippen MR) is 74.7 cm³/mol. The van der Waals surface area contributed by atoms with Crippen molar-refractivity contribution in [3.8, 4) is 0 Å². The zero-order valence-corrected chi connectivity index (χ0v) is 10.7. The van der Waals surface area contributed by atoms with Crippen molar-refractivity contribution in [2.24, 2.45) is 0 Å². The Labute approximate surface area is 112 Å². The minimum atomic E-state index is 0.246. The van der Waals surface area contributed by atoms with Crippen molar-refractivity contribution in [2.75, 3.05) is 0 Å². The molecule has 0 spiro atoms. The fourth-order valence-electron chi connectivity index (χ4n) is 2.60. The summed E-state index contributed by atoms with van der Waals surface area (Å²) >= 11 is 0. The van der Waals surface area contributed by atoms with Crippen LogP contribution in [0.2, 0.25) is 0 Å². The minimum Gasteiger partial charge on any atom is -0.469 e. The molecule has 1 aliphatic rings. The van der Waals surface area contributed by atoms with E-state index in [-0.39, 0.29) is 11.7 Å². The van der Waals surface area contributed by atoms with E-state index >= 15 is 0 Å². The van der Waals surface area contributed by atoms with Crippen molar-refractivity contribution in [2.45, 2.75) is 25.2 Å². The summed E-state index contributed by atoms with van der Waals surface area (Å²) in [5.41, 5.74) is 2.04. The number of hydrogen-bond donors (Lipinski definition) is 0. The number of ketones is 1. The maximum atomic E-state index is 12.2. The third-order valence-electron chi connectivity index (χ3n) is 3.64. The molecule has 1 atom stereocenters. The molecule has 1 aromatic heterocycles. The maximum absolute atomic E-state index is 12.2. The molecule has 19 heavy (non-hydrogen) atoms. The van der Waals surface area contributed by atoms with Gasteiger partial charge in [0.15, 0.2) is 5.78 Å². The predicted octanol–water partition coefficient (Wildman–Crippen LogP) is 4.20. The van der Waals surface area contributed by atoms with Crippen LogP contribution < -0.4 is 0 Å². The second kappa shape index (κ2) is 5.27. The Morgan fingerprint density at radius 3 is 2.63 bits per heavy atom. The van der Waals surface area contributed by atoms with Gasteiger partial charge in [0.1, 0.15) is 5.76 Å². The normalized spacial score (nSPS) is 21.8. The second-order valence-electron chi connectivity index (χ2n) is 4.96. The topological polar surface area (TPSA) is 30.2 Å². The highest BCUT2D eigenvalue weighted by Crippen LogP contribution is 2.34. The van der Waals surface area contributed by atoms with Crippen molar-refractivity contribution in [1.82, 2.24) is 0 Å². The van der Waals surface area contributed by atoms with Crippen molar-refractivity contribution < 1.29 is 9.21 Å². The summed E-state index contributed by atoms with van der Waals surface area (Å²) in [6.45, 7) is 0. The van der Waals surface area contributed by atoms with Gasteiger partial charge in [0, 0.05) is 12.3 Å². The number of furan rings is 1. The summed E-state index contributed by atoms with van der Waals surface area (Å²) in [5.74, 6) is 1.43. The monoisotopic (exact) mass is 252 g/mol. The van der Waals surface area contributed by atoms with Gasteiger partial charge in [-0.25, -0.2) is 0 Å². The van der Waals surface area contributed by atoms with E-state index < -0.39 is 0 Å². The van der Waals surface area contributed by atoms with E-state index in [9.17, 15) is 4.79 Å². The summed E-state index contributed by atoms with van der Waals surface area (Å²) in [4.78, 5) is 12.2. The SMILES string of the molecule is O=C1CC(c2ccco2)CC/C1=C/c1ccccc1. The van der Waals surface area contributed by atoms with Crippen LogP contribution in [0.25, 0.3) is 6.08 Å². The number of hydrogen-bond acceptors (Lipinski definition) is 2. The third kappa shape index (κ3) is 2.68. The molecule has 3 rings (SSSR count). The van der Waals surface area contributed by atoms with Gasteiger partial charge in [0.2, 0.25) is 0 Å². The van der Waals surface area contributed by atoms with E-state index in [1.54, 1.807) is 6.26 Å². The van der Waals surface area contributed by atoms with E-state index in [1.807, 2.05) is 48.5 Å². The molecular formula is C17H16O2. The Morgan fingerprint density at radius 1 is 1.11 bits per heavy atom. The van der Waals surface area contributed by atoms with Crippen LogP contribution in [0.5, 0.6) is 0 Å². The quantitative estimate of drug-likeness (QED) is 0.750. The lowest BCUT2D eigenvalue weighted by Gasteiger charge is -2.21. The number of Topliss-reactive ketones (excluding diaryl/α,β-unsaturated/α-hetero) is 1. The first-order valence-corrected chi connectivity index (χ1v) is 6.65. The summed E-state index contributed by atoms with van der Waals surface area (Å²) in [7, 11) is 0. The third-order valence-corrected chi connectivity index (χ3v) is 3.64. The van der Waals surface area contributed by atoms with Gasteiger partial charge in [-0.15, -0.1) is 0 Å². The van der Waals surface area contributed by atoms with Crippen LogP contribution in [-0.4, -0.2) is 5.78 Å². The van der Waals surface area contributed by atoms with Crippen LogP contribution in [0.4, 0.5) is 0 Å². The van der Waals surface area contributed by atoms with Crippen LogP contribution in [0.15, 0.2) is 58.7 Å². The molecule has 0 amide bonds. The minimum absolute atomic E-state index is 0.246. The maximum Gasteiger partial charge on any atom is 0.159 e. The van der Waals surface area contributed by atoms with E-state index in [2.05, 4.69) is 0 Å². The highest BCUT2D eigenvalue weighted by Gasteiger charge is 2.26. The Kier molecular flexibility index (Phi) is 3.32. The molecule has 0 bridgehead atoms. The Balaban J connectivity index is 1.75. The van der Waals surface area contributed by atoms with Crippen LogP contribution in [0, 0.1) is 0 Å². The average Bonchev–Trinajstić information content (AvgIpc) is 2.96. The van der Waals surface area contributed by atoms with Crippen LogP contribution in [-0.2, 0) is 4.79 Å². The molecule has 96 valence electrons. The molecule has 2 nitrogen and oxygen atoms in total. The lowest BCUT2D eigenvalue weighted by molar-refractivity contribution is -0.116. The summed E-state index contributed by atoms with van der Waals surface area (Å²) in [6.07, 6.45) is 6.07. The van der Waals surface area contributed by atoms with E-state index in [0.717, 1.165) is 29.7 Å². The van der Waals surface area contributed by atoms with E-state index in [0.29, 0.717) is 6.42 Å². The molecule has 2 aromatic rings. The number of allylic oxidation sites excluding steroid dienone is 1. The van der Waals surface area contributed by atoms with Crippen LogP contribution in [0.1, 0.15) is 36.5 Å². The molecule has 1 fully saturated rings. The molecule has 0 N–H and O–H groups in total. The lowest BCUT2D eigenvalue weighted by atomic mass is 9.83. The first-order valence-electron chi connectivity index (χ1n) is 6.65. The van der Waals surface area contributed by atoms with Gasteiger partial charge < -0.3 is 4.42 Å². The van der Waals surface area contributed by atoms with Gasteiger partial charge in [-0.3, -0.25) is 4.79 Å². The van der Waals surface area contributed by atoms with Crippen LogP contribution >= 0.6 is 0 Å². The highest BCUT2D eigenvalue weighted by atomic mass is 16.3. The molecule has 1 unspecified atom stereocenters. The van der Waals surface area contributed by atoms with Gasteiger partial charge >= 0.3 is 0 Å². The number of carbonyl (C=O) groups excluding carboxylic acids is 1.